The molecule has 0 radical (unpaired) electrons. The molecule has 4 nitrogen and oxygen atoms in total. The first-order chi connectivity index (χ1) is 5.90. The van der Waals surface area contributed by atoms with Crippen molar-refractivity contribution in [2.45, 2.75) is 40.2 Å². The van der Waals surface area contributed by atoms with Crippen molar-refractivity contribution in [3.63, 3.8) is 0 Å². The van der Waals surface area contributed by atoms with E-state index in [1.165, 1.54) is 0 Å². The predicted molar refractivity (Wildman–Crippen MR) is 52.9 cm³/mol. The third-order valence-electron chi connectivity index (χ3n) is 1.98. The average molecular weight is 188 g/mol. The van der Waals surface area contributed by atoms with E-state index in [2.05, 4.69) is 5.16 Å². The molecule has 0 atom stereocenters. The van der Waals surface area contributed by atoms with E-state index in [0.717, 1.165) is 6.42 Å². The van der Waals surface area contributed by atoms with E-state index in [-0.39, 0.29) is 17.4 Å². The summed E-state index contributed by atoms with van der Waals surface area (Å²) in [6.45, 7) is 8.44. The Hall–Kier alpha value is -0.770. The molecular formula is C9H20N2O2. The van der Waals surface area contributed by atoms with E-state index < -0.39 is 0 Å². The summed E-state index contributed by atoms with van der Waals surface area (Å²) in [5, 5.41) is 11.5. The van der Waals surface area contributed by atoms with Crippen molar-refractivity contribution < 1.29 is 9.94 Å². The lowest BCUT2D eigenvalue weighted by Gasteiger charge is -2.23. The number of nitrogens with zero attached hydrogens (tertiary/aromatic N) is 1. The number of rotatable bonds is 5. The Balaban J connectivity index is 3.90. The van der Waals surface area contributed by atoms with Crippen LogP contribution in [-0.2, 0) is 4.74 Å². The maximum Gasteiger partial charge on any atom is 0.144 e. The third kappa shape index (κ3) is 4.72. The largest absolute Gasteiger partial charge is 0.409 e. The summed E-state index contributed by atoms with van der Waals surface area (Å²) < 4.78 is 5.38. The van der Waals surface area contributed by atoms with Crippen molar-refractivity contribution >= 4 is 5.84 Å². The quantitative estimate of drug-likeness (QED) is 0.298. The Morgan fingerprint density at radius 1 is 1.54 bits per heavy atom. The van der Waals surface area contributed by atoms with Crippen LogP contribution in [0.25, 0.3) is 0 Å². The summed E-state index contributed by atoms with van der Waals surface area (Å²) >= 11 is 0. The number of ether oxygens (including phenoxy) is 1. The summed E-state index contributed by atoms with van der Waals surface area (Å²) in [6, 6.07) is 0. The molecule has 0 bridgehead atoms. The van der Waals surface area contributed by atoms with Gasteiger partial charge in [-0.05, 0) is 20.3 Å². The van der Waals surface area contributed by atoms with Crippen LogP contribution in [0.3, 0.4) is 0 Å². The van der Waals surface area contributed by atoms with Gasteiger partial charge in [0.2, 0.25) is 0 Å². The van der Waals surface area contributed by atoms with E-state index in [1.807, 2.05) is 27.7 Å². The molecule has 0 aliphatic heterocycles. The van der Waals surface area contributed by atoms with Crippen LogP contribution in [0, 0.1) is 5.41 Å². The molecule has 0 aromatic rings. The van der Waals surface area contributed by atoms with E-state index >= 15 is 0 Å². The molecule has 0 aliphatic rings. The van der Waals surface area contributed by atoms with Crippen LogP contribution in [0.4, 0.5) is 0 Å². The van der Waals surface area contributed by atoms with Gasteiger partial charge in [-0.3, -0.25) is 0 Å². The molecular weight excluding hydrogens is 168 g/mol. The van der Waals surface area contributed by atoms with Gasteiger partial charge in [-0.2, -0.15) is 0 Å². The molecule has 4 heteroatoms. The zero-order valence-electron chi connectivity index (χ0n) is 8.87. The average Bonchev–Trinajstić information content (AvgIpc) is 2.01. The molecule has 0 unspecified atom stereocenters. The van der Waals surface area contributed by atoms with Crippen molar-refractivity contribution in [3.8, 4) is 0 Å². The molecule has 13 heavy (non-hydrogen) atoms. The highest BCUT2D eigenvalue weighted by Crippen LogP contribution is 2.20. The van der Waals surface area contributed by atoms with Crippen LogP contribution in [0.1, 0.15) is 34.1 Å². The fourth-order valence-electron chi connectivity index (χ4n) is 0.813. The molecule has 0 amide bonds. The fraction of sp³-hybridized carbons (Fsp3) is 0.889. The standard InChI is InChI=1S/C9H20N2O2/c1-7(2)13-6-5-9(3,4)8(10)11-12/h7,12H,5-6H2,1-4H3,(H2,10,11). The summed E-state index contributed by atoms with van der Waals surface area (Å²) in [6.07, 6.45) is 0.976. The lowest BCUT2D eigenvalue weighted by atomic mass is 9.88. The number of nitrogens with two attached hydrogens (primary N) is 1. The van der Waals surface area contributed by atoms with Crippen LogP contribution in [0.2, 0.25) is 0 Å². The number of oxime groups is 1. The Morgan fingerprint density at radius 3 is 2.46 bits per heavy atom. The van der Waals surface area contributed by atoms with Crippen LogP contribution in [-0.4, -0.2) is 23.8 Å². The molecule has 0 saturated carbocycles. The monoisotopic (exact) mass is 188 g/mol. The lowest BCUT2D eigenvalue weighted by molar-refractivity contribution is 0.0656. The first-order valence-electron chi connectivity index (χ1n) is 4.49. The molecule has 3 N–H and O–H groups in total. The number of hydrogen-bond donors (Lipinski definition) is 2. The van der Waals surface area contributed by atoms with Crippen molar-refractivity contribution in [1.29, 1.82) is 0 Å². The minimum Gasteiger partial charge on any atom is -0.409 e. The molecule has 0 aromatic carbocycles. The van der Waals surface area contributed by atoms with E-state index in [4.69, 9.17) is 15.7 Å². The zero-order chi connectivity index (χ0) is 10.5. The van der Waals surface area contributed by atoms with Crippen LogP contribution in [0.15, 0.2) is 5.16 Å². The van der Waals surface area contributed by atoms with Gasteiger partial charge in [0.1, 0.15) is 5.84 Å². The lowest BCUT2D eigenvalue weighted by Crippen LogP contribution is -2.33. The van der Waals surface area contributed by atoms with E-state index in [1.54, 1.807) is 0 Å². The fourth-order valence-corrected chi connectivity index (χ4v) is 0.813. The highest BCUT2D eigenvalue weighted by molar-refractivity contribution is 5.85. The van der Waals surface area contributed by atoms with Gasteiger partial charge in [0, 0.05) is 12.0 Å². The SMILES string of the molecule is CC(C)OCCC(C)(C)C(N)=NO. The maximum atomic E-state index is 8.50. The van der Waals surface area contributed by atoms with Crippen LogP contribution < -0.4 is 5.73 Å². The molecule has 0 heterocycles. The van der Waals surface area contributed by atoms with Gasteiger partial charge < -0.3 is 15.7 Å². The molecule has 0 fully saturated rings. The summed E-state index contributed by atoms with van der Waals surface area (Å²) in [5.41, 5.74) is 5.21. The smallest absolute Gasteiger partial charge is 0.144 e. The second-order valence-electron chi connectivity index (χ2n) is 4.04. The van der Waals surface area contributed by atoms with Gasteiger partial charge in [0.25, 0.3) is 0 Å². The van der Waals surface area contributed by atoms with Gasteiger partial charge in [0.15, 0.2) is 0 Å². The number of amidine groups is 1. The molecule has 0 rings (SSSR count). The Bertz CT molecular complexity index is 176. The maximum absolute atomic E-state index is 8.50. The van der Waals surface area contributed by atoms with Crippen molar-refractivity contribution in [2.75, 3.05) is 6.61 Å². The van der Waals surface area contributed by atoms with Gasteiger partial charge >= 0.3 is 0 Å². The zero-order valence-corrected chi connectivity index (χ0v) is 8.87. The first kappa shape index (κ1) is 12.2. The second kappa shape index (κ2) is 5.07. The van der Waals surface area contributed by atoms with Crippen molar-refractivity contribution in [2.24, 2.45) is 16.3 Å². The normalized spacial score (nSPS) is 13.8. The van der Waals surface area contributed by atoms with Gasteiger partial charge in [-0.25, -0.2) is 0 Å². The second-order valence-corrected chi connectivity index (χ2v) is 4.04. The highest BCUT2D eigenvalue weighted by Gasteiger charge is 2.23. The minimum atomic E-state index is -0.302. The molecule has 78 valence electrons. The highest BCUT2D eigenvalue weighted by atomic mass is 16.5. The van der Waals surface area contributed by atoms with Crippen LogP contribution in [0.5, 0.6) is 0 Å². The van der Waals surface area contributed by atoms with Crippen LogP contribution >= 0.6 is 0 Å². The Morgan fingerprint density at radius 2 is 2.08 bits per heavy atom. The van der Waals surface area contributed by atoms with Gasteiger partial charge in [-0.1, -0.05) is 19.0 Å². The third-order valence-corrected chi connectivity index (χ3v) is 1.98. The minimum absolute atomic E-state index is 0.225. The summed E-state index contributed by atoms with van der Waals surface area (Å²) in [5.74, 6) is 0.250. The van der Waals surface area contributed by atoms with Gasteiger partial charge in [-0.15, -0.1) is 0 Å². The Kier molecular flexibility index (Phi) is 4.77. The van der Waals surface area contributed by atoms with E-state index in [9.17, 15) is 0 Å². The topological polar surface area (TPSA) is 67.8 Å². The molecule has 0 aromatic heterocycles. The summed E-state index contributed by atoms with van der Waals surface area (Å²) in [7, 11) is 0. The molecule has 0 aliphatic carbocycles. The molecule has 0 saturated heterocycles. The Labute approximate surface area is 79.8 Å². The van der Waals surface area contributed by atoms with E-state index in [0.29, 0.717) is 6.61 Å². The van der Waals surface area contributed by atoms with Crippen molar-refractivity contribution in [1.82, 2.24) is 0 Å². The summed E-state index contributed by atoms with van der Waals surface area (Å²) in [4.78, 5) is 0. The van der Waals surface area contributed by atoms with Crippen molar-refractivity contribution in [3.05, 3.63) is 0 Å². The number of hydrogen-bond acceptors (Lipinski definition) is 3. The predicted octanol–water partition coefficient (Wildman–Crippen LogP) is 1.57. The van der Waals surface area contributed by atoms with Gasteiger partial charge in [0.05, 0.1) is 6.10 Å². The first-order valence-corrected chi connectivity index (χ1v) is 4.49. The molecule has 0 spiro atoms.